The third kappa shape index (κ3) is 4.82. The quantitative estimate of drug-likeness (QED) is 0.608. The number of sulfonamides is 1. The molecule has 1 unspecified atom stereocenters. The molecule has 0 aliphatic rings. The van der Waals surface area contributed by atoms with Crippen LogP contribution in [0.2, 0.25) is 0 Å². The minimum atomic E-state index is -3.65. The summed E-state index contributed by atoms with van der Waals surface area (Å²) in [5, 5.41) is 4.73. The van der Waals surface area contributed by atoms with Crippen molar-refractivity contribution < 1.29 is 13.2 Å². The first-order valence-corrected chi connectivity index (χ1v) is 11.9. The number of amides is 1. The van der Waals surface area contributed by atoms with Crippen LogP contribution in [0.15, 0.2) is 60.7 Å². The topological polar surface area (TPSA) is 66.5 Å². The van der Waals surface area contributed by atoms with Crippen molar-refractivity contribution in [2.24, 2.45) is 0 Å². The number of aryl methyl sites for hydroxylation is 2. The van der Waals surface area contributed by atoms with Crippen LogP contribution >= 0.6 is 0 Å². The number of hydrogen-bond acceptors (Lipinski definition) is 3. The van der Waals surface area contributed by atoms with Crippen molar-refractivity contribution >= 4 is 32.4 Å². The predicted molar refractivity (Wildman–Crippen MR) is 123 cm³/mol. The van der Waals surface area contributed by atoms with E-state index < -0.39 is 10.0 Å². The molecule has 0 aliphatic heterocycles. The molecule has 1 atom stereocenters. The Morgan fingerprint density at radius 1 is 1.03 bits per heavy atom. The van der Waals surface area contributed by atoms with Crippen LogP contribution in [-0.2, 0) is 14.8 Å². The van der Waals surface area contributed by atoms with E-state index in [4.69, 9.17) is 0 Å². The average molecular weight is 425 g/mol. The van der Waals surface area contributed by atoms with Gasteiger partial charge < -0.3 is 5.32 Å². The largest absolute Gasteiger partial charge is 0.348 e. The van der Waals surface area contributed by atoms with Crippen LogP contribution in [0.1, 0.15) is 36.1 Å². The highest BCUT2D eigenvalue weighted by Gasteiger charge is 2.24. The van der Waals surface area contributed by atoms with Crippen molar-refractivity contribution in [3.8, 4) is 0 Å². The molecule has 158 valence electrons. The lowest BCUT2D eigenvalue weighted by molar-refractivity contribution is -0.120. The summed E-state index contributed by atoms with van der Waals surface area (Å²) in [6.45, 7) is 5.79. The molecule has 0 spiro atoms. The van der Waals surface area contributed by atoms with E-state index in [0.717, 1.165) is 33.7 Å². The molecule has 0 saturated heterocycles. The van der Waals surface area contributed by atoms with Gasteiger partial charge in [0.25, 0.3) is 0 Å². The molecule has 3 rings (SSSR count). The minimum absolute atomic E-state index is 0.174. The van der Waals surface area contributed by atoms with E-state index in [2.05, 4.69) is 11.4 Å². The van der Waals surface area contributed by atoms with E-state index in [9.17, 15) is 13.2 Å². The fourth-order valence-electron chi connectivity index (χ4n) is 3.79. The predicted octanol–water partition coefficient (Wildman–Crippen LogP) is 4.49. The second-order valence-corrected chi connectivity index (χ2v) is 9.56. The van der Waals surface area contributed by atoms with Crippen molar-refractivity contribution in [2.45, 2.75) is 33.2 Å². The monoisotopic (exact) mass is 424 g/mol. The summed E-state index contributed by atoms with van der Waals surface area (Å²) < 4.78 is 26.3. The molecule has 3 aromatic rings. The smallest absolute Gasteiger partial charge is 0.241 e. The van der Waals surface area contributed by atoms with E-state index in [0.29, 0.717) is 12.1 Å². The van der Waals surface area contributed by atoms with Crippen LogP contribution in [0.5, 0.6) is 0 Å². The number of nitrogens with zero attached hydrogens (tertiary/aromatic N) is 1. The molecule has 6 heteroatoms. The lowest BCUT2D eigenvalue weighted by atomic mass is 9.97. The first kappa shape index (κ1) is 21.8. The molecule has 0 heterocycles. The number of rotatable bonds is 7. The number of benzene rings is 3. The Morgan fingerprint density at radius 3 is 2.40 bits per heavy atom. The first-order valence-electron chi connectivity index (χ1n) is 10.0. The number of anilines is 1. The van der Waals surface area contributed by atoms with Gasteiger partial charge in [-0.3, -0.25) is 9.10 Å². The van der Waals surface area contributed by atoms with Crippen molar-refractivity contribution in [3.05, 3.63) is 77.4 Å². The van der Waals surface area contributed by atoms with Crippen LogP contribution < -0.4 is 9.62 Å². The van der Waals surface area contributed by atoms with Crippen LogP contribution in [0.25, 0.3) is 10.8 Å². The highest BCUT2D eigenvalue weighted by atomic mass is 32.2. The minimum Gasteiger partial charge on any atom is -0.348 e. The Hall–Kier alpha value is -2.86. The standard InChI is InChI=1S/C24H28N2O3S/c1-5-22(20-14-13-17(2)15-18(20)3)25-24(27)16-26(30(4,28)29)23-12-8-10-19-9-6-7-11-21(19)23/h6-15,22H,5,16H2,1-4H3,(H,25,27). The SMILES string of the molecule is CCC(NC(=O)CN(c1cccc2ccccc12)S(C)(=O)=O)c1ccc(C)cc1C. The number of carbonyl (C=O) groups is 1. The molecule has 0 aliphatic carbocycles. The summed E-state index contributed by atoms with van der Waals surface area (Å²) in [5.74, 6) is -0.333. The Morgan fingerprint density at radius 2 is 1.73 bits per heavy atom. The summed E-state index contributed by atoms with van der Waals surface area (Å²) in [4.78, 5) is 12.9. The molecule has 1 N–H and O–H groups in total. The van der Waals surface area contributed by atoms with Gasteiger partial charge in [-0.1, -0.05) is 67.1 Å². The third-order valence-corrected chi connectivity index (χ3v) is 6.39. The fraction of sp³-hybridized carbons (Fsp3) is 0.292. The lowest BCUT2D eigenvalue weighted by Crippen LogP contribution is -2.41. The van der Waals surface area contributed by atoms with E-state index >= 15 is 0 Å². The average Bonchev–Trinajstić information content (AvgIpc) is 2.69. The Bertz CT molecular complexity index is 1170. The molecule has 5 nitrogen and oxygen atoms in total. The zero-order chi connectivity index (χ0) is 21.9. The third-order valence-electron chi connectivity index (χ3n) is 5.27. The molecule has 0 aromatic heterocycles. The van der Waals surface area contributed by atoms with Gasteiger partial charge in [0.2, 0.25) is 15.9 Å². The van der Waals surface area contributed by atoms with Gasteiger partial charge in [-0.25, -0.2) is 8.42 Å². The summed E-state index contributed by atoms with van der Waals surface area (Å²) in [5.41, 5.74) is 3.82. The number of hydrogen-bond donors (Lipinski definition) is 1. The summed E-state index contributed by atoms with van der Waals surface area (Å²) >= 11 is 0. The van der Waals surface area contributed by atoms with Crippen LogP contribution in [-0.4, -0.2) is 27.1 Å². The number of fused-ring (bicyclic) bond motifs is 1. The van der Waals surface area contributed by atoms with Crippen LogP contribution in [0, 0.1) is 13.8 Å². The number of nitrogens with one attached hydrogen (secondary N) is 1. The molecule has 3 aromatic carbocycles. The summed E-state index contributed by atoms with van der Waals surface area (Å²) in [6.07, 6.45) is 1.84. The van der Waals surface area contributed by atoms with E-state index in [1.807, 2.05) is 63.2 Å². The fourth-order valence-corrected chi connectivity index (χ4v) is 4.66. The maximum absolute atomic E-state index is 12.9. The zero-order valence-electron chi connectivity index (χ0n) is 17.8. The van der Waals surface area contributed by atoms with Gasteiger partial charge in [-0.05, 0) is 42.8 Å². The summed E-state index contributed by atoms with van der Waals surface area (Å²) in [7, 11) is -3.65. The van der Waals surface area contributed by atoms with Crippen molar-refractivity contribution in [1.29, 1.82) is 0 Å². The van der Waals surface area contributed by atoms with E-state index in [-0.39, 0.29) is 18.5 Å². The molecule has 0 fully saturated rings. The second kappa shape index (κ2) is 8.88. The molecule has 0 radical (unpaired) electrons. The van der Waals surface area contributed by atoms with Crippen LogP contribution in [0.3, 0.4) is 0 Å². The highest BCUT2D eigenvalue weighted by Crippen LogP contribution is 2.28. The van der Waals surface area contributed by atoms with Gasteiger partial charge in [-0.2, -0.15) is 0 Å². The Labute approximate surface area is 178 Å². The van der Waals surface area contributed by atoms with Gasteiger partial charge in [0, 0.05) is 5.39 Å². The van der Waals surface area contributed by atoms with Gasteiger partial charge in [0.15, 0.2) is 0 Å². The van der Waals surface area contributed by atoms with Crippen LogP contribution in [0.4, 0.5) is 5.69 Å². The van der Waals surface area contributed by atoms with Gasteiger partial charge in [-0.15, -0.1) is 0 Å². The first-order chi connectivity index (χ1) is 14.2. The molecular weight excluding hydrogens is 396 g/mol. The second-order valence-electron chi connectivity index (χ2n) is 7.66. The normalized spacial score (nSPS) is 12.5. The van der Waals surface area contributed by atoms with Gasteiger partial charge >= 0.3 is 0 Å². The highest BCUT2D eigenvalue weighted by molar-refractivity contribution is 7.92. The maximum atomic E-state index is 12.9. The lowest BCUT2D eigenvalue weighted by Gasteiger charge is -2.25. The van der Waals surface area contributed by atoms with E-state index in [1.165, 1.54) is 4.31 Å². The Balaban J connectivity index is 1.89. The maximum Gasteiger partial charge on any atom is 0.241 e. The molecule has 30 heavy (non-hydrogen) atoms. The summed E-state index contributed by atoms with van der Waals surface area (Å²) in [6, 6.07) is 19.0. The van der Waals surface area contributed by atoms with Crippen molar-refractivity contribution in [2.75, 3.05) is 17.1 Å². The van der Waals surface area contributed by atoms with Gasteiger partial charge in [0.1, 0.15) is 6.54 Å². The van der Waals surface area contributed by atoms with E-state index in [1.54, 1.807) is 12.1 Å². The number of carbonyl (C=O) groups excluding carboxylic acids is 1. The Kier molecular flexibility index (Phi) is 6.46. The zero-order valence-corrected chi connectivity index (χ0v) is 18.7. The molecule has 1 amide bonds. The molecule has 0 saturated carbocycles. The molecule has 0 bridgehead atoms. The molecular formula is C24H28N2O3S. The van der Waals surface area contributed by atoms with Gasteiger partial charge in [0.05, 0.1) is 18.0 Å². The van der Waals surface area contributed by atoms with Crippen molar-refractivity contribution in [3.63, 3.8) is 0 Å². The van der Waals surface area contributed by atoms with Crippen molar-refractivity contribution in [1.82, 2.24) is 5.32 Å².